The summed E-state index contributed by atoms with van der Waals surface area (Å²) in [6, 6.07) is 30.6. The Morgan fingerprint density at radius 1 is 0.636 bits per heavy atom. The summed E-state index contributed by atoms with van der Waals surface area (Å²) >= 11 is 0. The zero-order valence-electron chi connectivity index (χ0n) is 12.2. The molecule has 0 heteroatoms. The van der Waals surface area contributed by atoms with E-state index in [0.717, 1.165) is 22.3 Å². The lowest BCUT2D eigenvalue weighted by molar-refractivity contribution is 1.62. The molecule has 0 aromatic heterocycles. The van der Waals surface area contributed by atoms with Gasteiger partial charge in [-0.3, -0.25) is 0 Å². The van der Waals surface area contributed by atoms with Crippen molar-refractivity contribution < 1.29 is 0 Å². The van der Waals surface area contributed by atoms with Gasteiger partial charge in [-0.25, -0.2) is 0 Å². The van der Waals surface area contributed by atoms with Gasteiger partial charge in [0, 0.05) is 11.1 Å². The summed E-state index contributed by atoms with van der Waals surface area (Å²) in [5, 5.41) is 0. The average molecular weight is 280 g/mol. The van der Waals surface area contributed by atoms with Gasteiger partial charge in [0.25, 0.3) is 0 Å². The summed E-state index contributed by atoms with van der Waals surface area (Å²) in [7, 11) is 0. The van der Waals surface area contributed by atoms with Crippen molar-refractivity contribution in [1.82, 2.24) is 0 Å². The van der Waals surface area contributed by atoms with Crippen LogP contribution in [0, 0.1) is 11.8 Å². The molecule has 0 aliphatic heterocycles. The van der Waals surface area contributed by atoms with Gasteiger partial charge in [0.15, 0.2) is 0 Å². The number of rotatable bonds is 2. The Bertz CT molecular complexity index is 801. The Hall–Kier alpha value is -3.04. The van der Waals surface area contributed by atoms with Gasteiger partial charge < -0.3 is 0 Å². The minimum Gasteiger partial charge on any atom is -0.0622 e. The SMILES string of the molecule is C(#Cc1ccccc1)/C(=C/c1ccccc1)c1ccccc1. The molecular weight excluding hydrogens is 264 g/mol. The van der Waals surface area contributed by atoms with Crippen LogP contribution in [-0.4, -0.2) is 0 Å². The molecule has 0 nitrogen and oxygen atoms in total. The molecule has 22 heavy (non-hydrogen) atoms. The predicted octanol–water partition coefficient (Wildman–Crippen LogP) is 5.28. The van der Waals surface area contributed by atoms with Crippen molar-refractivity contribution >= 4 is 11.6 Å². The molecule has 0 spiro atoms. The summed E-state index contributed by atoms with van der Waals surface area (Å²) < 4.78 is 0. The smallest absolute Gasteiger partial charge is 0.0327 e. The molecule has 0 fully saturated rings. The maximum Gasteiger partial charge on any atom is 0.0327 e. The van der Waals surface area contributed by atoms with E-state index < -0.39 is 0 Å². The lowest BCUT2D eigenvalue weighted by Gasteiger charge is -2.01. The lowest BCUT2D eigenvalue weighted by Crippen LogP contribution is -1.82. The van der Waals surface area contributed by atoms with Crippen molar-refractivity contribution in [3.05, 3.63) is 108 Å². The Morgan fingerprint density at radius 2 is 1.18 bits per heavy atom. The zero-order chi connectivity index (χ0) is 15.0. The topological polar surface area (TPSA) is 0 Å². The minimum absolute atomic E-state index is 1.02. The third-order valence-corrected chi connectivity index (χ3v) is 3.31. The summed E-state index contributed by atoms with van der Waals surface area (Å²) in [5.74, 6) is 6.56. The predicted molar refractivity (Wildman–Crippen MR) is 94.1 cm³/mol. The highest BCUT2D eigenvalue weighted by molar-refractivity contribution is 5.91. The Kier molecular flexibility index (Phi) is 4.50. The normalized spacial score (nSPS) is 10.6. The van der Waals surface area contributed by atoms with E-state index >= 15 is 0 Å². The highest BCUT2D eigenvalue weighted by Crippen LogP contribution is 2.17. The molecule has 0 unspecified atom stereocenters. The first kappa shape index (κ1) is 13.9. The summed E-state index contributed by atoms with van der Waals surface area (Å²) in [6.07, 6.45) is 2.13. The summed E-state index contributed by atoms with van der Waals surface area (Å²) in [5.41, 5.74) is 4.34. The van der Waals surface area contributed by atoms with Gasteiger partial charge in [-0.05, 0) is 29.3 Å². The molecule has 0 bridgehead atoms. The molecule has 0 aliphatic carbocycles. The second kappa shape index (κ2) is 7.11. The van der Waals surface area contributed by atoms with Crippen LogP contribution in [0.4, 0.5) is 0 Å². The molecular formula is C22H16. The minimum atomic E-state index is 1.02. The van der Waals surface area contributed by atoms with Crippen LogP contribution in [0.3, 0.4) is 0 Å². The number of allylic oxidation sites excluding steroid dienone is 1. The molecule has 0 amide bonds. The van der Waals surface area contributed by atoms with Gasteiger partial charge in [-0.15, -0.1) is 0 Å². The van der Waals surface area contributed by atoms with Gasteiger partial charge >= 0.3 is 0 Å². The molecule has 0 saturated carbocycles. The molecule has 3 aromatic carbocycles. The van der Waals surface area contributed by atoms with Gasteiger partial charge in [0.1, 0.15) is 0 Å². The van der Waals surface area contributed by atoms with Crippen LogP contribution in [0.25, 0.3) is 11.6 Å². The van der Waals surface area contributed by atoms with Crippen LogP contribution in [0.1, 0.15) is 16.7 Å². The first-order valence-electron chi connectivity index (χ1n) is 7.31. The number of hydrogen-bond acceptors (Lipinski definition) is 0. The summed E-state index contributed by atoms with van der Waals surface area (Å²) in [6.45, 7) is 0. The van der Waals surface area contributed by atoms with E-state index in [1.165, 1.54) is 0 Å². The van der Waals surface area contributed by atoms with E-state index in [2.05, 4.69) is 42.2 Å². The monoisotopic (exact) mass is 280 g/mol. The standard InChI is InChI=1S/C22H16/c1-4-10-19(11-5-1)16-17-22(21-14-8-3-9-15-21)18-20-12-6-2-7-13-20/h1-15,18H/b22-18-. The fourth-order valence-electron chi connectivity index (χ4n) is 2.19. The van der Waals surface area contributed by atoms with Crippen LogP contribution in [0.5, 0.6) is 0 Å². The second-order valence-corrected chi connectivity index (χ2v) is 4.95. The lowest BCUT2D eigenvalue weighted by atomic mass is 10.0. The van der Waals surface area contributed by atoms with Crippen LogP contribution in [-0.2, 0) is 0 Å². The van der Waals surface area contributed by atoms with E-state index in [4.69, 9.17) is 0 Å². The molecule has 0 N–H and O–H groups in total. The Morgan fingerprint density at radius 3 is 1.82 bits per heavy atom. The van der Waals surface area contributed by atoms with Crippen molar-refractivity contribution in [1.29, 1.82) is 0 Å². The average Bonchev–Trinajstić information content (AvgIpc) is 2.61. The zero-order valence-corrected chi connectivity index (χ0v) is 12.2. The van der Waals surface area contributed by atoms with E-state index in [1.54, 1.807) is 0 Å². The quantitative estimate of drug-likeness (QED) is 0.442. The van der Waals surface area contributed by atoms with E-state index in [9.17, 15) is 0 Å². The van der Waals surface area contributed by atoms with Crippen LogP contribution in [0.2, 0.25) is 0 Å². The van der Waals surface area contributed by atoms with Gasteiger partial charge in [0.05, 0.1) is 0 Å². The number of benzene rings is 3. The molecule has 104 valence electrons. The summed E-state index contributed by atoms with van der Waals surface area (Å²) in [4.78, 5) is 0. The highest BCUT2D eigenvalue weighted by Gasteiger charge is 1.98. The molecule has 0 saturated heterocycles. The first-order valence-corrected chi connectivity index (χ1v) is 7.31. The van der Waals surface area contributed by atoms with Crippen LogP contribution >= 0.6 is 0 Å². The van der Waals surface area contributed by atoms with Gasteiger partial charge in [-0.1, -0.05) is 90.7 Å². The van der Waals surface area contributed by atoms with E-state index in [0.29, 0.717) is 0 Å². The van der Waals surface area contributed by atoms with Crippen molar-refractivity contribution in [3.8, 4) is 11.8 Å². The highest BCUT2D eigenvalue weighted by atomic mass is 14.0. The number of hydrogen-bond donors (Lipinski definition) is 0. The van der Waals surface area contributed by atoms with Gasteiger partial charge in [0.2, 0.25) is 0 Å². The third kappa shape index (κ3) is 3.75. The Labute approximate surface area is 131 Å². The van der Waals surface area contributed by atoms with E-state index in [1.807, 2.05) is 66.7 Å². The molecule has 3 rings (SSSR count). The first-order chi connectivity index (χ1) is 10.9. The van der Waals surface area contributed by atoms with Crippen molar-refractivity contribution in [2.24, 2.45) is 0 Å². The molecule has 0 aliphatic rings. The second-order valence-electron chi connectivity index (χ2n) is 4.95. The fraction of sp³-hybridized carbons (Fsp3) is 0. The van der Waals surface area contributed by atoms with E-state index in [-0.39, 0.29) is 0 Å². The largest absolute Gasteiger partial charge is 0.0622 e. The molecule has 0 heterocycles. The molecule has 0 atom stereocenters. The van der Waals surface area contributed by atoms with Crippen molar-refractivity contribution in [2.45, 2.75) is 0 Å². The maximum absolute atomic E-state index is 3.31. The van der Waals surface area contributed by atoms with Crippen molar-refractivity contribution in [3.63, 3.8) is 0 Å². The maximum atomic E-state index is 3.31. The third-order valence-electron chi connectivity index (χ3n) is 3.31. The molecule has 0 radical (unpaired) electrons. The fourth-order valence-corrected chi connectivity index (χ4v) is 2.19. The molecule has 3 aromatic rings. The van der Waals surface area contributed by atoms with Gasteiger partial charge in [-0.2, -0.15) is 0 Å². The Balaban J connectivity index is 2.01. The van der Waals surface area contributed by atoms with Crippen molar-refractivity contribution in [2.75, 3.05) is 0 Å². The van der Waals surface area contributed by atoms with Crippen LogP contribution < -0.4 is 0 Å². The van der Waals surface area contributed by atoms with Crippen LogP contribution in [0.15, 0.2) is 91.0 Å².